The van der Waals surface area contributed by atoms with E-state index < -0.39 is 0 Å². The average Bonchev–Trinajstić information content (AvgIpc) is 2.37. The Morgan fingerprint density at radius 2 is 2.19 bits per heavy atom. The van der Waals surface area contributed by atoms with E-state index in [1.165, 1.54) is 0 Å². The van der Waals surface area contributed by atoms with Crippen LogP contribution in [0.3, 0.4) is 0 Å². The number of rotatable bonds is 6. The summed E-state index contributed by atoms with van der Waals surface area (Å²) in [5, 5.41) is 3.36. The van der Waals surface area contributed by atoms with Crippen molar-refractivity contribution in [3.05, 3.63) is 0 Å². The number of primary amides is 1. The summed E-state index contributed by atoms with van der Waals surface area (Å²) in [6, 6.07) is 0. The zero-order valence-corrected chi connectivity index (χ0v) is 15.9. The summed E-state index contributed by atoms with van der Waals surface area (Å²) in [6.45, 7) is 10.1. The second-order valence-electron chi connectivity index (χ2n) is 6.04. The highest BCUT2D eigenvalue weighted by Gasteiger charge is 2.23. The number of amides is 1. The summed E-state index contributed by atoms with van der Waals surface area (Å²) >= 11 is 0. The van der Waals surface area contributed by atoms with Crippen LogP contribution in [-0.2, 0) is 4.79 Å². The Balaban J connectivity index is 0.00000400. The topological polar surface area (TPSA) is 70.7 Å². The van der Waals surface area contributed by atoms with Crippen LogP contribution < -0.4 is 11.1 Å². The number of nitrogens with zero attached hydrogens (tertiary/aromatic N) is 2. The molecule has 3 N–H and O–H groups in total. The van der Waals surface area contributed by atoms with Crippen molar-refractivity contribution in [1.29, 1.82) is 0 Å². The molecule has 0 bridgehead atoms. The van der Waals surface area contributed by atoms with Gasteiger partial charge in [-0.05, 0) is 38.0 Å². The van der Waals surface area contributed by atoms with Crippen molar-refractivity contribution in [1.82, 2.24) is 10.2 Å². The SMILES string of the molecule is CCNC(=NCCC(C)C)N1CCCC(CC(N)=O)C1.I. The quantitative estimate of drug-likeness (QED) is 0.401. The summed E-state index contributed by atoms with van der Waals surface area (Å²) in [4.78, 5) is 18.1. The van der Waals surface area contributed by atoms with Crippen LogP contribution in [0.25, 0.3) is 0 Å². The molecule has 0 saturated carbocycles. The number of nitrogens with one attached hydrogen (secondary N) is 1. The van der Waals surface area contributed by atoms with Crippen LogP contribution in [0.4, 0.5) is 0 Å². The Kier molecular flexibility index (Phi) is 10.8. The molecule has 0 aliphatic carbocycles. The Labute approximate surface area is 146 Å². The third-order valence-electron chi connectivity index (χ3n) is 3.61. The molecule has 21 heavy (non-hydrogen) atoms. The van der Waals surface area contributed by atoms with Crippen LogP contribution in [0.2, 0.25) is 0 Å². The van der Waals surface area contributed by atoms with E-state index in [2.05, 4.69) is 31.0 Å². The number of piperidine rings is 1. The second kappa shape index (κ2) is 11.1. The maximum Gasteiger partial charge on any atom is 0.217 e. The Morgan fingerprint density at radius 1 is 1.48 bits per heavy atom. The first-order valence-electron chi connectivity index (χ1n) is 7.84. The van der Waals surface area contributed by atoms with Crippen LogP contribution in [0.1, 0.15) is 46.5 Å². The first kappa shape index (κ1) is 20.5. The smallest absolute Gasteiger partial charge is 0.217 e. The van der Waals surface area contributed by atoms with Gasteiger partial charge in [0.1, 0.15) is 0 Å². The van der Waals surface area contributed by atoms with E-state index in [9.17, 15) is 4.79 Å². The minimum absolute atomic E-state index is 0. The van der Waals surface area contributed by atoms with E-state index >= 15 is 0 Å². The first-order chi connectivity index (χ1) is 9.52. The van der Waals surface area contributed by atoms with E-state index in [-0.39, 0.29) is 29.9 Å². The maximum absolute atomic E-state index is 11.1. The van der Waals surface area contributed by atoms with E-state index in [1.807, 2.05) is 0 Å². The normalized spacial score (nSPS) is 19.3. The van der Waals surface area contributed by atoms with Gasteiger partial charge >= 0.3 is 0 Å². The Hall–Kier alpha value is -0.530. The van der Waals surface area contributed by atoms with Crippen molar-refractivity contribution in [2.45, 2.75) is 46.5 Å². The lowest BCUT2D eigenvalue weighted by Crippen LogP contribution is -2.47. The van der Waals surface area contributed by atoms with Gasteiger partial charge in [0.25, 0.3) is 0 Å². The molecule has 0 aromatic heterocycles. The van der Waals surface area contributed by atoms with Gasteiger partial charge in [-0.15, -0.1) is 24.0 Å². The van der Waals surface area contributed by atoms with Crippen LogP contribution in [0, 0.1) is 11.8 Å². The molecule has 0 aromatic carbocycles. The van der Waals surface area contributed by atoms with Gasteiger partial charge in [0.2, 0.25) is 5.91 Å². The highest BCUT2D eigenvalue weighted by molar-refractivity contribution is 14.0. The number of guanidine groups is 1. The van der Waals surface area contributed by atoms with Gasteiger partial charge in [-0.1, -0.05) is 13.8 Å². The molecule has 1 aliphatic heterocycles. The fourth-order valence-corrected chi connectivity index (χ4v) is 2.56. The molecule has 1 unspecified atom stereocenters. The number of likely N-dealkylation sites (tertiary alicyclic amines) is 1. The second-order valence-corrected chi connectivity index (χ2v) is 6.04. The van der Waals surface area contributed by atoms with Crippen molar-refractivity contribution >= 4 is 35.8 Å². The van der Waals surface area contributed by atoms with Crippen molar-refractivity contribution in [3.8, 4) is 0 Å². The molecule has 1 atom stereocenters. The summed E-state index contributed by atoms with van der Waals surface area (Å²) in [7, 11) is 0. The molecule has 6 heteroatoms. The lowest BCUT2D eigenvalue weighted by atomic mass is 9.95. The zero-order chi connectivity index (χ0) is 15.0. The third-order valence-corrected chi connectivity index (χ3v) is 3.61. The van der Waals surface area contributed by atoms with E-state index in [0.29, 0.717) is 18.3 Å². The summed E-state index contributed by atoms with van der Waals surface area (Å²) < 4.78 is 0. The monoisotopic (exact) mass is 410 g/mol. The van der Waals surface area contributed by atoms with Gasteiger partial charge in [-0.3, -0.25) is 9.79 Å². The molecule has 1 saturated heterocycles. The average molecular weight is 410 g/mol. The molecule has 1 rings (SSSR count). The van der Waals surface area contributed by atoms with Crippen molar-refractivity contribution in [2.75, 3.05) is 26.2 Å². The largest absolute Gasteiger partial charge is 0.370 e. The summed E-state index contributed by atoms with van der Waals surface area (Å²) in [6.07, 6.45) is 3.78. The summed E-state index contributed by atoms with van der Waals surface area (Å²) in [5.74, 6) is 1.83. The van der Waals surface area contributed by atoms with Crippen molar-refractivity contribution in [2.24, 2.45) is 22.6 Å². The summed E-state index contributed by atoms with van der Waals surface area (Å²) in [5.41, 5.74) is 5.31. The van der Waals surface area contributed by atoms with E-state index in [4.69, 9.17) is 10.7 Å². The van der Waals surface area contributed by atoms with Crippen LogP contribution >= 0.6 is 24.0 Å². The zero-order valence-electron chi connectivity index (χ0n) is 13.6. The highest BCUT2D eigenvalue weighted by atomic mass is 127. The number of aliphatic imine (C=N–C) groups is 1. The van der Waals surface area contributed by atoms with Crippen LogP contribution in [-0.4, -0.2) is 42.9 Å². The number of halogens is 1. The Bertz CT molecular complexity index is 334. The van der Waals surface area contributed by atoms with E-state index in [0.717, 1.165) is 51.4 Å². The third kappa shape index (κ3) is 8.48. The Morgan fingerprint density at radius 3 is 2.76 bits per heavy atom. The van der Waals surface area contributed by atoms with Gasteiger partial charge in [-0.2, -0.15) is 0 Å². The van der Waals surface area contributed by atoms with Gasteiger partial charge in [0.05, 0.1) is 0 Å². The number of carbonyl (C=O) groups is 1. The molecule has 1 amide bonds. The fraction of sp³-hybridized carbons (Fsp3) is 0.867. The lowest BCUT2D eigenvalue weighted by Gasteiger charge is -2.34. The molecular formula is C15H31IN4O. The van der Waals surface area contributed by atoms with E-state index in [1.54, 1.807) is 0 Å². The van der Waals surface area contributed by atoms with Crippen LogP contribution in [0.5, 0.6) is 0 Å². The molecule has 0 radical (unpaired) electrons. The molecule has 5 nitrogen and oxygen atoms in total. The fourth-order valence-electron chi connectivity index (χ4n) is 2.56. The maximum atomic E-state index is 11.1. The molecule has 1 aliphatic rings. The molecule has 1 heterocycles. The van der Waals surface area contributed by atoms with Crippen molar-refractivity contribution < 1.29 is 4.79 Å². The predicted molar refractivity (Wildman–Crippen MR) is 99.0 cm³/mol. The first-order valence-corrected chi connectivity index (χ1v) is 7.84. The number of nitrogens with two attached hydrogens (primary N) is 1. The minimum atomic E-state index is -0.196. The van der Waals surface area contributed by atoms with Gasteiger partial charge < -0.3 is 16.0 Å². The molecule has 0 spiro atoms. The minimum Gasteiger partial charge on any atom is -0.370 e. The molecule has 1 fully saturated rings. The number of hydrogen-bond donors (Lipinski definition) is 2. The molecule has 124 valence electrons. The lowest BCUT2D eigenvalue weighted by molar-refractivity contribution is -0.119. The number of carbonyl (C=O) groups excluding carboxylic acids is 1. The van der Waals surface area contributed by atoms with Gasteiger partial charge in [-0.25, -0.2) is 0 Å². The standard InChI is InChI=1S/C15H30N4O.HI/c1-4-17-15(18-8-7-12(2)3)19-9-5-6-13(11-19)10-14(16)20;/h12-13H,4-11H2,1-3H3,(H2,16,20)(H,17,18);1H. The van der Waals surface area contributed by atoms with Crippen LogP contribution in [0.15, 0.2) is 4.99 Å². The van der Waals surface area contributed by atoms with Gasteiger partial charge in [0, 0.05) is 32.6 Å². The molecule has 0 aromatic rings. The predicted octanol–water partition coefficient (Wildman–Crippen LogP) is 2.20. The number of hydrogen-bond acceptors (Lipinski definition) is 2. The van der Waals surface area contributed by atoms with Gasteiger partial charge in [0.15, 0.2) is 5.96 Å². The molecular weight excluding hydrogens is 379 g/mol. The van der Waals surface area contributed by atoms with Crippen molar-refractivity contribution in [3.63, 3.8) is 0 Å². The highest BCUT2D eigenvalue weighted by Crippen LogP contribution is 2.19.